The van der Waals surface area contributed by atoms with Crippen molar-refractivity contribution in [2.45, 2.75) is 32.0 Å². The van der Waals surface area contributed by atoms with Gasteiger partial charge in [0.15, 0.2) is 0 Å². The molecule has 0 unspecified atom stereocenters. The van der Waals surface area contributed by atoms with Crippen molar-refractivity contribution in [3.63, 3.8) is 0 Å². The Morgan fingerprint density at radius 2 is 2.30 bits per heavy atom. The summed E-state index contributed by atoms with van der Waals surface area (Å²) in [7, 11) is 0. The number of carboxylic acid groups (broad SMARTS) is 1. The van der Waals surface area contributed by atoms with E-state index in [0.29, 0.717) is 6.42 Å². The van der Waals surface area contributed by atoms with Crippen LogP contribution in [0.4, 0.5) is 4.39 Å². The number of carbonyl (C=O) groups is 1. The van der Waals surface area contributed by atoms with E-state index in [-0.39, 0.29) is 6.42 Å². The number of nitrogens with two attached hydrogens (primary N) is 1. The van der Waals surface area contributed by atoms with E-state index in [4.69, 9.17) is 10.8 Å². The third-order valence-corrected chi connectivity index (χ3v) is 1.27. The summed E-state index contributed by atoms with van der Waals surface area (Å²) in [5, 5.41) is 8.23. The molecule has 0 aromatic heterocycles. The van der Waals surface area contributed by atoms with Crippen LogP contribution >= 0.6 is 0 Å². The minimum absolute atomic E-state index is 0.0914. The summed E-state index contributed by atoms with van der Waals surface area (Å²) in [6.07, 6.45) is -0.863. The van der Waals surface area contributed by atoms with Gasteiger partial charge < -0.3 is 10.8 Å². The Labute approximate surface area is 59.0 Å². The first-order valence-electron chi connectivity index (χ1n) is 3.20. The van der Waals surface area contributed by atoms with Crippen molar-refractivity contribution in [3.8, 4) is 0 Å². The van der Waals surface area contributed by atoms with Gasteiger partial charge in [-0.15, -0.1) is 0 Å². The largest absolute Gasteiger partial charge is 0.480 e. The Kier molecular flexibility index (Phi) is 3.95. The molecule has 0 amide bonds. The van der Waals surface area contributed by atoms with E-state index in [1.165, 1.54) is 0 Å². The number of alkyl halides is 1. The Hall–Kier alpha value is -0.640. The first-order valence-corrected chi connectivity index (χ1v) is 3.20. The summed E-state index contributed by atoms with van der Waals surface area (Å²) in [5.74, 6) is -1.14. The van der Waals surface area contributed by atoms with Crippen molar-refractivity contribution in [1.82, 2.24) is 0 Å². The second-order valence-corrected chi connectivity index (χ2v) is 2.19. The quantitative estimate of drug-likeness (QED) is 0.613. The molecule has 2 atom stereocenters. The molecule has 3 nitrogen and oxygen atoms in total. The Bertz CT molecular complexity index is 118. The minimum atomic E-state index is -1.14. The lowest BCUT2D eigenvalue weighted by molar-refractivity contribution is -0.139. The zero-order valence-corrected chi connectivity index (χ0v) is 5.88. The molecule has 0 fully saturated rings. The van der Waals surface area contributed by atoms with Gasteiger partial charge >= 0.3 is 5.97 Å². The van der Waals surface area contributed by atoms with E-state index < -0.39 is 18.2 Å². The predicted octanol–water partition coefficient (Wildman–Crippen LogP) is 0.536. The smallest absolute Gasteiger partial charge is 0.320 e. The highest BCUT2D eigenvalue weighted by atomic mass is 19.1. The third-order valence-electron chi connectivity index (χ3n) is 1.27. The highest BCUT2D eigenvalue weighted by Gasteiger charge is 2.16. The van der Waals surface area contributed by atoms with Crippen LogP contribution in [-0.4, -0.2) is 23.3 Å². The van der Waals surface area contributed by atoms with Gasteiger partial charge in [0, 0.05) is 6.42 Å². The molecule has 0 heterocycles. The topological polar surface area (TPSA) is 63.3 Å². The van der Waals surface area contributed by atoms with Gasteiger partial charge in [-0.2, -0.15) is 0 Å². The number of halogens is 1. The standard InChI is InChI=1S/C6H12FNO2/c1-2-4(7)3-5(8)6(9)10/h4-5H,2-3,8H2,1H3,(H,9,10)/t4-,5-/m0/s1. The van der Waals surface area contributed by atoms with Crippen LogP contribution in [0, 0.1) is 0 Å². The second kappa shape index (κ2) is 4.22. The lowest BCUT2D eigenvalue weighted by atomic mass is 10.1. The maximum atomic E-state index is 12.4. The van der Waals surface area contributed by atoms with Crippen molar-refractivity contribution in [2.24, 2.45) is 5.73 Å². The Morgan fingerprint density at radius 1 is 1.80 bits per heavy atom. The molecular formula is C6H12FNO2. The molecule has 0 saturated carbocycles. The number of hydrogen-bond acceptors (Lipinski definition) is 2. The molecule has 0 radical (unpaired) electrons. The maximum Gasteiger partial charge on any atom is 0.320 e. The fourth-order valence-electron chi connectivity index (χ4n) is 0.543. The van der Waals surface area contributed by atoms with Gasteiger partial charge in [-0.25, -0.2) is 4.39 Å². The number of hydrogen-bond donors (Lipinski definition) is 2. The van der Waals surface area contributed by atoms with E-state index in [9.17, 15) is 9.18 Å². The predicted molar refractivity (Wildman–Crippen MR) is 35.4 cm³/mol. The van der Waals surface area contributed by atoms with Crippen LogP contribution in [0.2, 0.25) is 0 Å². The second-order valence-electron chi connectivity index (χ2n) is 2.19. The van der Waals surface area contributed by atoms with Crippen molar-refractivity contribution in [3.05, 3.63) is 0 Å². The third kappa shape index (κ3) is 3.40. The highest BCUT2D eigenvalue weighted by molar-refractivity contribution is 5.73. The van der Waals surface area contributed by atoms with Gasteiger partial charge in [-0.05, 0) is 6.42 Å². The fraction of sp³-hybridized carbons (Fsp3) is 0.833. The van der Waals surface area contributed by atoms with Crippen LogP contribution in [0.25, 0.3) is 0 Å². The van der Waals surface area contributed by atoms with E-state index in [1.54, 1.807) is 6.92 Å². The van der Waals surface area contributed by atoms with Crippen molar-refractivity contribution < 1.29 is 14.3 Å². The summed E-state index contributed by atoms with van der Waals surface area (Å²) in [6, 6.07) is -1.06. The maximum absolute atomic E-state index is 12.4. The Balaban J connectivity index is 3.56. The molecule has 3 N–H and O–H groups in total. The molecule has 0 aliphatic carbocycles. The lowest BCUT2D eigenvalue weighted by Crippen LogP contribution is -2.32. The van der Waals surface area contributed by atoms with Crippen LogP contribution in [-0.2, 0) is 4.79 Å². The monoisotopic (exact) mass is 149 g/mol. The molecule has 0 aliphatic heterocycles. The van der Waals surface area contributed by atoms with E-state index >= 15 is 0 Å². The van der Waals surface area contributed by atoms with Crippen LogP contribution < -0.4 is 5.73 Å². The molecule has 0 bridgehead atoms. The highest BCUT2D eigenvalue weighted by Crippen LogP contribution is 2.04. The first kappa shape index (κ1) is 9.36. The fourth-order valence-corrected chi connectivity index (χ4v) is 0.543. The molecule has 0 aliphatic rings. The summed E-state index contributed by atoms with van der Waals surface area (Å²) in [5.41, 5.74) is 5.05. The zero-order valence-electron chi connectivity index (χ0n) is 5.88. The summed E-state index contributed by atoms with van der Waals surface area (Å²) in [6.45, 7) is 1.65. The zero-order chi connectivity index (χ0) is 8.15. The number of rotatable bonds is 4. The number of aliphatic carboxylic acids is 1. The van der Waals surface area contributed by atoms with Gasteiger partial charge in [-0.1, -0.05) is 6.92 Å². The van der Waals surface area contributed by atoms with E-state index in [2.05, 4.69) is 0 Å². The van der Waals surface area contributed by atoms with E-state index in [1.807, 2.05) is 0 Å². The SMILES string of the molecule is CC[C@H](F)C[C@H](N)C(=O)O. The van der Waals surface area contributed by atoms with Crippen LogP contribution in [0.15, 0.2) is 0 Å². The van der Waals surface area contributed by atoms with Gasteiger partial charge in [-0.3, -0.25) is 4.79 Å². The van der Waals surface area contributed by atoms with Crippen molar-refractivity contribution in [2.75, 3.05) is 0 Å². The molecule has 0 spiro atoms. The molecule has 4 heteroatoms. The van der Waals surface area contributed by atoms with Gasteiger partial charge in [0.25, 0.3) is 0 Å². The van der Waals surface area contributed by atoms with Gasteiger partial charge in [0.1, 0.15) is 12.2 Å². The van der Waals surface area contributed by atoms with Gasteiger partial charge in [0.05, 0.1) is 0 Å². The van der Waals surface area contributed by atoms with Crippen LogP contribution in [0.3, 0.4) is 0 Å². The van der Waals surface area contributed by atoms with Crippen molar-refractivity contribution >= 4 is 5.97 Å². The molecule has 60 valence electrons. The average molecular weight is 149 g/mol. The summed E-state index contributed by atoms with van der Waals surface area (Å²) in [4.78, 5) is 10.1. The van der Waals surface area contributed by atoms with Crippen molar-refractivity contribution in [1.29, 1.82) is 0 Å². The van der Waals surface area contributed by atoms with E-state index in [0.717, 1.165) is 0 Å². The Morgan fingerprint density at radius 3 is 2.60 bits per heavy atom. The average Bonchev–Trinajstić information content (AvgIpc) is 1.87. The first-order chi connectivity index (χ1) is 4.57. The molecule has 0 saturated heterocycles. The van der Waals surface area contributed by atoms with Crippen LogP contribution in [0.5, 0.6) is 0 Å². The lowest BCUT2D eigenvalue weighted by Gasteiger charge is -2.07. The molecule has 0 aromatic rings. The molecular weight excluding hydrogens is 137 g/mol. The van der Waals surface area contributed by atoms with Gasteiger partial charge in [0.2, 0.25) is 0 Å². The summed E-state index contributed by atoms with van der Waals surface area (Å²) >= 11 is 0. The molecule has 0 aromatic carbocycles. The number of carboxylic acids is 1. The normalized spacial score (nSPS) is 16.3. The van der Waals surface area contributed by atoms with Crippen LogP contribution in [0.1, 0.15) is 19.8 Å². The molecule has 0 rings (SSSR count). The summed E-state index contributed by atoms with van der Waals surface area (Å²) < 4.78 is 12.4. The molecule has 10 heavy (non-hydrogen) atoms. The minimum Gasteiger partial charge on any atom is -0.480 e.